The van der Waals surface area contributed by atoms with Gasteiger partial charge in [0.1, 0.15) is 29.8 Å². The number of Topliss-reactive ketones (excluding diaryl/α,β-unsaturated/α-hetero) is 1. The van der Waals surface area contributed by atoms with Crippen LogP contribution in [0.3, 0.4) is 0 Å². The summed E-state index contributed by atoms with van der Waals surface area (Å²) in [6.45, 7) is 0.779. The van der Waals surface area contributed by atoms with Crippen molar-refractivity contribution in [3.05, 3.63) is 120 Å². The normalized spacial score (nSPS) is 17.3. The van der Waals surface area contributed by atoms with Crippen LogP contribution in [-0.2, 0) is 10.0 Å². The Labute approximate surface area is 243 Å². The highest BCUT2D eigenvalue weighted by Gasteiger charge is 2.39. The second-order valence-corrected chi connectivity index (χ2v) is 12.1. The number of likely N-dealkylation sites (tertiary alicyclic amines) is 1. The SMILES string of the molecule is O=C(c1ccccc1)C1CCN(C(=O)c2ccc3c(n2)OCC(c2ccccc2)N3S(=O)(=O)c2ccc(F)cc2)CC1. The zero-order valence-electron chi connectivity index (χ0n) is 22.6. The quantitative estimate of drug-likeness (QED) is 0.286. The molecule has 1 atom stereocenters. The number of fused-ring (bicyclic) bond motifs is 1. The van der Waals surface area contributed by atoms with Crippen molar-refractivity contribution in [2.75, 3.05) is 24.0 Å². The molecule has 3 heterocycles. The average Bonchev–Trinajstić information content (AvgIpc) is 3.04. The molecule has 0 saturated carbocycles. The van der Waals surface area contributed by atoms with Crippen molar-refractivity contribution in [2.45, 2.75) is 23.8 Å². The first-order chi connectivity index (χ1) is 20.3. The third-order valence-electron chi connectivity index (χ3n) is 7.72. The molecule has 0 bridgehead atoms. The monoisotopic (exact) mass is 585 g/mol. The predicted molar refractivity (Wildman–Crippen MR) is 154 cm³/mol. The molecule has 1 fully saturated rings. The Morgan fingerprint density at radius 1 is 0.833 bits per heavy atom. The lowest BCUT2D eigenvalue weighted by molar-refractivity contribution is 0.0644. The molecule has 42 heavy (non-hydrogen) atoms. The molecular weight excluding hydrogens is 557 g/mol. The van der Waals surface area contributed by atoms with Crippen LogP contribution in [0.15, 0.2) is 102 Å². The predicted octanol–water partition coefficient (Wildman–Crippen LogP) is 5.28. The zero-order chi connectivity index (χ0) is 29.3. The third-order valence-corrected chi connectivity index (χ3v) is 9.56. The fourth-order valence-corrected chi connectivity index (χ4v) is 7.11. The Balaban J connectivity index is 1.26. The van der Waals surface area contributed by atoms with Gasteiger partial charge in [0, 0.05) is 24.6 Å². The van der Waals surface area contributed by atoms with Crippen LogP contribution in [0, 0.1) is 11.7 Å². The highest BCUT2D eigenvalue weighted by Crippen LogP contribution is 2.42. The minimum absolute atomic E-state index is 0.0212. The highest BCUT2D eigenvalue weighted by molar-refractivity contribution is 7.92. The van der Waals surface area contributed by atoms with Crippen LogP contribution in [0.4, 0.5) is 10.1 Å². The number of ketones is 1. The molecule has 2 aliphatic heterocycles. The van der Waals surface area contributed by atoms with Crippen LogP contribution >= 0.6 is 0 Å². The first-order valence-electron chi connectivity index (χ1n) is 13.7. The number of hydrogen-bond acceptors (Lipinski definition) is 6. The smallest absolute Gasteiger partial charge is 0.272 e. The van der Waals surface area contributed by atoms with Gasteiger partial charge in [-0.15, -0.1) is 0 Å². The van der Waals surface area contributed by atoms with Gasteiger partial charge in [0.25, 0.3) is 15.9 Å². The summed E-state index contributed by atoms with van der Waals surface area (Å²) in [6, 6.07) is 25.2. The summed E-state index contributed by atoms with van der Waals surface area (Å²) in [7, 11) is -4.16. The largest absolute Gasteiger partial charge is 0.474 e. The van der Waals surface area contributed by atoms with E-state index in [-0.39, 0.29) is 46.4 Å². The van der Waals surface area contributed by atoms with E-state index in [4.69, 9.17) is 4.74 Å². The maximum Gasteiger partial charge on any atom is 0.272 e. The first-order valence-corrected chi connectivity index (χ1v) is 15.1. The second-order valence-electron chi connectivity index (χ2n) is 10.3. The molecule has 1 unspecified atom stereocenters. The Morgan fingerprint density at radius 2 is 1.48 bits per heavy atom. The van der Waals surface area contributed by atoms with Gasteiger partial charge in [0.05, 0.1) is 4.90 Å². The lowest BCUT2D eigenvalue weighted by Crippen LogP contribution is -2.42. The maximum absolute atomic E-state index is 13.9. The Morgan fingerprint density at radius 3 is 2.14 bits per heavy atom. The van der Waals surface area contributed by atoms with E-state index in [1.807, 2.05) is 48.5 Å². The molecule has 1 amide bonds. The molecule has 6 rings (SSSR count). The summed E-state index contributed by atoms with van der Waals surface area (Å²) >= 11 is 0. The van der Waals surface area contributed by atoms with Gasteiger partial charge in [-0.05, 0) is 54.8 Å². The molecule has 10 heteroatoms. The number of amides is 1. The average molecular weight is 586 g/mol. The van der Waals surface area contributed by atoms with Crippen molar-refractivity contribution in [1.29, 1.82) is 0 Å². The molecule has 2 aliphatic rings. The van der Waals surface area contributed by atoms with E-state index in [1.54, 1.807) is 17.0 Å². The van der Waals surface area contributed by atoms with Crippen LogP contribution in [0.25, 0.3) is 0 Å². The molecule has 1 aromatic heterocycles. The maximum atomic E-state index is 13.9. The molecule has 0 N–H and O–H groups in total. The van der Waals surface area contributed by atoms with Crippen molar-refractivity contribution in [3.8, 4) is 5.88 Å². The Bertz CT molecular complexity index is 1710. The van der Waals surface area contributed by atoms with E-state index in [0.29, 0.717) is 37.1 Å². The van der Waals surface area contributed by atoms with Crippen LogP contribution in [0.2, 0.25) is 0 Å². The number of benzene rings is 3. The fourth-order valence-electron chi connectivity index (χ4n) is 5.49. The second kappa shape index (κ2) is 11.4. The number of nitrogens with zero attached hydrogens (tertiary/aromatic N) is 3. The number of ether oxygens (including phenoxy) is 1. The van der Waals surface area contributed by atoms with E-state index in [0.717, 1.165) is 12.1 Å². The third kappa shape index (κ3) is 5.25. The molecule has 0 spiro atoms. The lowest BCUT2D eigenvalue weighted by atomic mass is 9.89. The Kier molecular flexibility index (Phi) is 7.47. The molecular formula is C32H28FN3O5S. The standard InChI is InChI=1S/C32H28FN3O5S/c33-25-11-13-26(14-12-25)42(39,40)36-28-16-15-27(34-31(28)41-21-29(36)22-7-3-1-4-8-22)32(38)35-19-17-24(18-20-35)30(37)23-9-5-2-6-10-23/h1-16,24,29H,17-21H2. The van der Waals surface area contributed by atoms with Gasteiger partial charge in [-0.2, -0.15) is 0 Å². The van der Waals surface area contributed by atoms with Gasteiger partial charge in [-0.25, -0.2) is 22.1 Å². The van der Waals surface area contributed by atoms with Gasteiger partial charge in [-0.1, -0.05) is 60.7 Å². The fraction of sp³-hybridized carbons (Fsp3) is 0.219. The summed E-state index contributed by atoms with van der Waals surface area (Å²) < 4.78 is 48.6. The number of aromatic nitrogens is 1. The molecule has 1 saturated heterocycles. The molecule has 3 aromatic carbocycles. The first kappa shape index (κ1) is 27.6. The van der Waals surface area contributed by atoms with Crippen molar-refractivity contribution in [1.82, 2.24) is 9.88 Å². The number of piperidine rings is 1. The number of rotatable bonds is 6. The van der Waals surface area contributed by atoms with Gasteiger partial charge in [0.2, 0.25) is 5.88 Å². The van der Waals surface area contributed by atoms with Crippen LogP contribution in [-0.4, -0.2) is 49.7 Å². The minimum atomic E-state index is -4.16. The zero-order valence-corrected chi connectivity index (χ0v) is 23.4. The highest BCUT2D eigenvalue weighted by atomic mass is 32.2. The summed E-state index contributed by atoms with van der Waals surface area (Å²) in [5, 5.41) is 0. The van der Waals surface area contributed by atoms with Crippen molar-refractivity contribution in [2.24, 2.45) is 5.92 Å². The number of sulfonamides is 1. The number of carbonyl (C=O) groups is 2. The minimum Gasteiger partial charge on any atom is -0.474 e. The summed E-state index contributed by atoms with van der Waals surface area (Å²) in [5.74, 6) is -0.915. The van der Waals surface area contributed by atoms with Crippen LogP contribution in [0.1, 0.15) is 45.3 Å². The van der Waals surface area contributed by atoms with E-state index in [1.165, 1.54) is 28.6 Å². The van der Waals surface area contributed by atoms with Crippen molar-refractivity contribution >= 4 is 27.4 Å². The summed E-state index contributed by atoms with van der Waals surface area (Å²) in [5.41, 5.74) is 1.69. The topological polar surface area (TPSA) is 96.9 Å². The van der Waals surface area contributed by atoms with E-state index in [9.17, 15) is 22.4 Å². The van der Waals surface area contributed by atoms with E-state index >= 15 is 0 Å². The molecule has 4 aromatic rings. The Hall–Kier alpha value is -4.57. The molecule has 8 nitrogen and oxygen atoms in total. The number of halogens is 1. The number of carbonyl (C=O) groups excluding carboxylic acids is 2. The summed E-state index contributed by atoms with van der Waals surface area (Å²) in [6.07, 6.45) is 1.09. The van der Waals surface area contributed by atoms with Crippen LogP contribution in [0.5, 0.6) is 5.88 Å². The van der Waals surface area contributed by atoms with Gasteiger partial charge in [0.15, 0.2) is 5.78 Å². The van der Waals surface area contributed by atoms with Crippen LogP contribution < -0.4 is 9.04 Å². The van der Waals surface area contributed by atoms with Crippen molar-refractivity contribution < 1.29 is 27.1 Å². The number of hydrogen-bond donors (Lipinski definition) is 0. The van der Waals surface area contributed by atoms with Gasteiger partial charge in [-0.3, -0.25) is 9.59 Å². The molecule has 0 radical (unpaired) electrons. The van der Waals surface area contributed by atoms with Crippen molar-refractivity contribution in [3.63, 3.8) is 0 Å². The number of pyridine rings is 1. The van der Waals surface area contributed by atoms with E-state index < -0.39 is 21.9 Å². The van der Waals surface area contributed by atoms with Gasteiger partial charge >= 0.3 is 0 Å². The summed E-state index contributed by atoms with van der Waals surface area (Å²) in [4.78, 5) is 32.3. The van der Waals surface area contributed by atoms with Gasteiger partial charge < -0.3 is 9.64 Å². The number of anilines is 1. The lowest BCUT2D eigenvalue weighted by Gasteiger charge is -2.37. The molecule has 0 aliphatic carbocycles. The molecule has 214 valence electrons. The van der Waals surface area contributed by atoms with E-state index in [2.05, 4.69) is 4.98 Å².